The molecule has 5 heterocycles. The summed E-state index contributed by atoms with van der Waals surface area (Å²) in [6.07, 6.45) is 11.7. The Bertz CT molecular complexity index is 1130. The van der Waals surface area contributed by atoms with Gasteiger partial charge in [-0.2, -0.15) is 0 Å². The fourth-order valence-electron chi connectivity index (χ4n) is 5.31. The third-order valence-corrected chi connectivity index (χ3v) is 7.22. The number of hydrogen-bond acceptors (Lipinski definition) is 4. The van der Waals surface area contributed by atoms with Crippen molar-refractivity contribution < 1.29 is 14.0 Å². The summed E-state index contributed by atoms with van der Waals surface area (Å²) < 4.78 is 8.15. The molecule has 0 saturated carbocycles. The van der Waals surface area contributed by atoms with Crippen LogP contribution in [0.2, 0.25) is 0 Å². The molecule has 3 aliphatic heterocycles. The molecule has 2 atom stereocenters. The largest absolute Gasteiger partial charge is 0.443 e. The monoisotopic (exact) mass is 435 g/mol. The van der Waals surface area contributed by atoms with Crippen molar-refractivity contribution in [3.63, 3.8) is 0 Å². The molecule has 3 aliphatic rings. The first kappa shape index (κ1) is 21.4. The van der Waals surface area contributed by atoms with Crippen LogP contribution in [-0.2, 0) is 11.2 Å². The highest BCUT2D eigenvalue weighted by atomic mass is 16.6. The molecule has 32 heavy (non-hydrogen) atoms. The first-order valence-corrected chi connectivity index (χ1v) is 12.0. The Labute approximate surface area is 190 Å². The quantitative estimate of drug-likeness (QED) is 0.493. The number of rotatable bonds is 5. The van der Waals surface area contributed by atoms with E-state index in [2.05, 4.69) is 37.1 Å². The molecule has 0 N–H and O–H groups in total. The van der Waals surface area contributed by atoms with Gasteiger partial charge in [-0.3, -0.25) is 9.38 Å². The van der Waals surface area contributed by atoms with Crippen molar-refractivity contribution >= 4 is 22.7 Å². The topological polar surface area (TPSA) is 47.4 Å². The average molecular weight is 436 g/mol. The van der Waals surface area contributed by atoms with Gasteiger partial charge in [0.1, 0.15) is 24.0 Å². The highest BCUT2D eigenvalue weighted by molar-refractivity contribution is 5.92. The molecule has 5 rings (SSSR count). The average Bonchev–Trinajstić information content (AvgIpc) is 3.28. The Morgan fingerprint density at radius 3 is 2.72 bits per heavy atom. The number of nitrogens with zero attached hydrogens (tertiary/aromatic N) is 4. The molecule has 170 valence electrons. The van der Waals surface area contributed by atoms with Crippen LogP contribution >= 0.6 is 0 Å². The van der Waals surface area contributed by atoms with E-state index in [0.29, 0.717) is 11.7 Å². The molecule has 2 aromatic rings. The van der Waals surface area contributed by atoms with Gasteiger partial charge in [0.05, 0.1) is 0 Å². The summed E-state index contributed by atoms with van der Waals surface area (Å²) in [7, 11) is 0. The van der Waals surface area contributed by atoms with E-state index in [1.807, 2.05) is 33.2 Å². The Hall–Kier alpha value is -2.44. The van der Waals surface area contributed by atoms with Gasteiger partial charge >= 0.3 is 6.09 Å². The summed E-state index contributed by atoms with van der Waals surface area (Å²) >= 11 is 0. The zero-order valence-electron chi connectivity index (χ0n) is 20.0. The fraction of sp³-hybridized carbons (Fsp3) is 0.538. The molecule has 0 bridgehead atoms. The Morgan fingerprint density at radius 1 is 1.28 bits per heavy atom. The summed E-state index contributed by atoms with van der Waals surface area (Å²) in [4.78, 5) is 20.0. The zero-order chi connectivity index (χ0) is 22.7. The third kappa shape index (κ3) is 3.59. The summed E-state index contributed by atoms with van der Waals surface area (Å²) in [5, 5.41) is 1.03. The first-order chi connectivity index (χ1) is 15.2. The molecular formula is C26H35N4O2+. The van der Waals surface area contributed by atoms with Gasteiger partial charge in [-0.25, -0.2) is 14.3 Å². The van der Waals surface area contributed by atoms with E-state index in [0.717, 1.165) is 34.0 Å². The molecule has 2 saturated heterocycles. The second-order valence-corrected chi connectivity index (χ2v) is 10.5. The number of likely N-dealkylation sites (tertiary alicyclic amines) is 1. The molecule has 0 spiro atoms. The van der Waals surface area contributed by atoms with Gasteiger partial charge in [0.25, 0.3) is 0 Å². The van der Waals surface area contributed by atoms with Gasteiger partial charge in [0.15, 0.2) is 11.7 Å². The number of allylic oxidation sites excluding steroid dienone is 2. The number of quaternary nitrogens is 1. The van der Waals surface area contributed by atoms with Crippen LogP contribution in [0.5, 0.6) is 0 Å². The van der Waals surface area contributed by atoms with E-state index in [1.54, 1.807) is 4.57 Å². The van der Waals surface area contributed by atoms with Gasteiger partial charge in [-0.1, -0.05) is 6.92 Å². The van der Waals surface area contributed by atoms with Crippen LogP contribution in [0, 0.1) is 0 Å². The van der Waals surface area contributed by atoms with Crippen LogP contribution in [0.15, 0.2) is 36.4 Å². The van der Waals surface area contributed by atoms with E-state index in [9.17, 15) is 4.79 Å². The van der Waals surface area contributed by atoms with E-state index < -0.39 is 5.60 Å². The summed E-state index contributed by atoms with van der Waals surface area (Å²) in [6.45, 7) is 14.9. The molecule has 0 aliphatic carbocycles. The number of aryl methyl sites for hydroxylation is 1. The molecule has 2 fully saturated rings. The first-order valence-electron chi connectivity index (χ1n) is 12.0. The Morgan fingerprint density at radius 2 is 2.03 bits per heavy atom. The van der Waals surface area contributed by atoms with Gasteiger partial charge < -0.3 is 4.74 Å². The molecule has 2 aromatic heterocycles. The fourth-order valence-corrected chi connectivity index (χ4v) is 5.31. The van der Waals surface area contributed by atoms with Gasteiger partial charge in [-0.15, -0.1) is 0 Å². The lowest BCUT2D eigenvalue weighted by atomic mass is 10.1. The van der Waals surface area contributed by atoms with Crippen molar-refractivity contribution in [1.82, 2.24) is 14.5 Å². The van der Waals surface area contributed by atoms with Gasteiger partial charge in [-0.05, 0) is 71.7 Å². The highest BCUT2D eigenvalue weighted by Gasteiger charge is 2.61. The molecular weight excluding hydrogens is 400 g/mol. The van der Waals surface area contributed by atoms with Crippen molar-refractivity contribution in [2.75, 3.05) is 26.2 Å². The molecule has 0 amide bonds. The Balaban J connectivity index is 1.42. The van der Waals surface area contributed by atoms with Gasteiger partial charge in [0, 0.05) is 41.5 Å². The predicted octanol–water partition coefficient (Wildman–Crippen LogP) is 4.94. The SMILES string of the molecule is CCc1cn(C(=O)OC(C)(C)C)c2ncc(C3=C[N+]4(CCN5CCCC5)C(=C3)C4C)cc12. The highest BCUT2D eigenvalue weighted by Crippen LogP contribution is 2.51. The number of ether oxygens (including phenoxy) is 1. The number of aromatic nitrogens is 2. The van der Waals surface area contributed by atoms with E-state index in [4.69, 9.17) is 9.72 Å². The standard InChI is InChI=1S/C26H35N4O2/c1-6-19-16-29(25(31)32-26(3,4)5)24-22(19)13-20(15-27-24)21-14-23-18(2)30(23,17-21)12-11-28-9-7-8-10-28/h13-18H,6-12H2,1-5H3/q+1. The lowest BCUT2D eigenvalue weighted by Gasteiger charge is -2.19. The molecule has 0 aromatic carbocycles. The third-order valence-electron chi connectivity index (χ3n) is 7.22. The predicted molar refractivity (Wildman–Crippen MR) is 127 cm³/mol. The minimum absolute atomic E-state index is 0.378. The molecule has 0 radical (unpaired) electrons. The lowest BCUT2D eigenvalue weighted by molar-refractivity contribution is -0.735. The van der Waals surface area contributed by atoms with Crippen molar-refractivity contribution in [2.45, 2.75) is 65.5 Å². The summed E-state index contributed by atoms with van der Waals surface area (Å²) in [6, 6.07) is 2.79. The number of fused-ring (bicyclic) bond motifs is 2. The van der Waals surface area contributed by atoms with Crippen LogP contribution in [-0.4, -0.2) is 62.8 Å². The maximum absolute atomic E-state index is 12.7. The molecule has 6 heteroatoms. The molecule has 6 nitrogen and oxygen atoms in total. The van der Waals surface area contributed by atoms with E-state index in [1.165, 1.54) is 43.7 Å². The maximum Gasteiger partial charge on any atom is 0.420 e. The van der Waals surface area contributed by atoms with Gasteiger partial charge in [0.2, 0.25) is 0 Å². The van der Waals surface area contributed by atoms with Crippen molar-refractivity contribution in [1.29, 1.82) is 0 Å². The number of hydrogen-bond donors (Lipinski definition) is 0. The Kier molecular flexibility index (Phi) is 5.06. The van der Waals surface area contributed by atoms with Crippen LogP contribution in [0.25, 0.3) is 16.6 Å². The zero-order valence-corrected chi connectivity index (χ0v) is 20.0. The van der Waals surface area contributed by atoms with Crippen LogP contribution in [0.1, 0.15) is 58.6 Å². The minimum Gasteiger partial charge on any atom is -0.443 e. The van der Waals surface area contributed by atoms with E-state index in [-0.39, 0.29) is 6.09 Å². The minimum atomic E-state index is -0.542. The maximum atomic E-state index is 12.7. The number of carbonyl (C=O) groups is 1. The van der Waals surface area contributed by atoms with Crippen molar-refractivity contribution in [2.24, 2.45) is 0 Å². The van der Waals surface area contributed by atoms with Crippen LogP contribution in [0.4, 0.5) is 4.79 Å². The molecule has 2 unspecified atom stereocenters. The van der Waals surface area contributed by atoms with E-state index >= 15 is 0 Å². The smallest absolute Gasteiger partial charge is 0.420 e. The second kappa shape index (κ2) is 7.56. The van der Waals surface area contributed by atoms with Crippen LogP contribution < -0.4 is 0 Å². The normalized spacial score (nSPS) is 25.1. The second-order valence-electron chi connectivity index (χ2n) is 10.5. The lowest BCUT2D eigenvalue weighted by Crippen LogP contribution is -2.33. The number of carbonyl (C=O) groups excluding carboxylic acids is 1. The van der Waals surface area contributed by atoms with Crippen LogP contribution in [0.3, 0.4) is 0 Å². The summed E-state index contributed by atoms with van der Waals surface area (Å²) in [5.41, 5.74) is 5.13. The number of pyridine rings is 1. The summed E-state index contributed by atoms with van der Waals surface area (Å²) in [5.74, 6) is 0. The van der Waals surface area contributed by atoms with Crippen molar-refractivity contribution in [3.05, 3.63) is 47.6 Å². The van der Waals surface area contributed by atoms with Crippen molar-refractivity contribution in [3.8, 4) is 0 Å².